The molecule has 2 aromatic heterocycles. The topological polar surface area (TPSA) is 68.4 Å². The number of rotatable bonds is 6. The van der Waals surface area contributed by atoms with Gasteiger partial charge in [-0.15, -0.1) is 0 Å². The molecular weight excluding hydrogens is 607 g/mol. The molecule has 0 saturated carbocycles. The van der Waals surface area contributed by atoms with E-state index in [0.717, 1.165) is 27.6 Å². The number of carbonyl (C=O) groups is 1. The Hall–Kier alpha value is -5.05. The fourth-order valence-electron chi connectivity index (χ4n) is 5.74. The summed E-state index contributed by atoms with van der Waals surface area (Å²) in [6.45, 7) is 2.34. The van der Waals surface area contributed by atoms with Crippen molar-refractivity contribution < 1.29 is 9.18 Å². The standard InChI is InChI=1S/C36H26ClFN4O2S/c1-22-32(34(43)40-28-7-3-2-4-8-28)33(24-13-15-26(37)16-14-24)42-35(44)31(45-36(42)39-22)19-25-21-41(30-10-6-5-9-29(25)30)20-23-11-17-27(38)18-12-23/h2-19,21,33H,20H2,1H3,(H,40,43)/b31-19-/t33-/m1/s1. The van der Waals surface area contributed by atoms with Crippen LogP contribution in [0.1, 0.15) is 29.7 Å². The van der Waals surface area contributed by atoms with Gasteiger partial charge >= 0.3 is 0 Å². The molecule has 1 aliphatic rings. The Morgan fingerprint density at radius 3 is 2.44 bits per heavy atom. The Balaban J connectivity index is 1.35. The lowest BCUT2D eigenvalue weighted by Crippen LogP contribution is -2.40. The Bertz CT molecular complexity index is 2290. The van der Waals surface area contributed by atoms with Gasteiger partial charge in [-0.05, 0) is 66.6 Å². The highest BCUT2D eigenvalue weighted by molar-refractivity contribution is 7.07. The summed E-state index contributed by atoms with van der Waals surface area (Å²) in [6, 6.07) is 30.1. The average Bonchev–Trinajstić information content (AvgIpc) is 3.54. The summed E-state index contributed by atoms with van der Waals surface area (Å²) in [5.41, 5.74) is 4.90. The number of halogens is 2. The summed E-state index contributed by atoms with van der Waals surface area (Å²) in [5.74, 6) is -0.611. The SMILES string of the molecule is CC1=C(C(=O)Nc2ccccc2)[C@@H](c2ccc(Cl)cc2)n2c(s/c(=C\c3cn(Cc4ccc(F)cc4)c4ccccc34)c2=O)=N1. The van der Waals surface area contributed by atoms with Gasteiger partial charge in [-0.2, -0.15) is 0 Å². The third-order valence-electron chi connectivity index (χ3n) is 7.86. The summed E-state index contributed by atoms with van der Waals surface area (Å²) >= 11 is 7.51. The largest absolute Gasteiger partial charge is 0.342 e. The van der Waals surface area contributed by atoms with Gasteiger partial charge in [0.05, 0.1) is 21.8 Å². The zero-order valence-corrected chi connectivity index (χ0v) is 25.6. The van der Waals surface area contributed by atoms with Gasteiger partial charge in [0, 0.05) is 39.9 Å². The van der Waals surface area contributed by atoms with E-state index in [2.05, 4.69) is 9.88 Å². The van der Waals surface area contributed by atoms with Crippen molar-refractivity contribution >= 4 is 51.5 Å². The first-order chi connectivity index (χ1) is 21.9. The number of thiazole rings is 1. The highest BCUT2D eigenvalue weighted by atomic mass is 35.5. The summed E-state index contributed by atoms with van der Waals surface area (Å²) in [7, 11) is 0. The van der Waals surface area contributed by atoms with E-state index in [1.54, 1.807) is 35.8 Å². The first kappa shape index (κ1) is 28.7. The average molecular weight is 633 g/mol. The molecular formula is C36H26ClFN4O2S. The Morgan fingerprint density at radius 1 is 0.978 bits per heavy atom. The normalized spacial score (nSPS) is 14.8. The van der Waals surface area contributed by atoms with Gasteiger partial charge in [0.2, 0.25) is 0 Å². The molecule has 45 heavy (non-hydrogen) atoms. The molecule has 0 unspecified atom stereocenters. The number of amides is 1. The zero-order chi connectivity index (χ0) is 31.1. The highest BCUT2D eigenvalue weighted by Crippen LogP contribution is 2.31. The van der Waals surface area contributed by atoms with Gasteiger partial charge in [-0.3, -0.25) is 14.2 Å². The summed E-state index contributed by atoms with van der Waals surface area (Å²) in [4.78, 5) is 33.3. The molecule has 1 amide bonds. The first-order valence-electron chi connectivity index (χ1n) is 14.3. The lowest BCUT2D eigenvalue weighted by Gasteiger charge is -2.25. The van der Waals surface area contributed by atoms with Crippen molar-refractivity contribution in [3.8, 4) is 0 Å². The summed E-state index contributed by atoms with van der Waals surface area (Å²) < 4.78 is 17.7. The number of para-hydroxylation sites is 2. The number of aromatic nitrogens is 2. The quantitative estimate of drug-likeness (QED) is 0.223. The molecule has 6 nitrogen and oxygen atoms in total. The van der Waals surface area contributed by atoms with Crippen LogP contribution in [0.3, 0.4) is 0 Å². The van der Waals surface area contributed by atoms with Crippen LogP contribution >= 0.6 is 22.9 Å². The minimum Gasteiger partial charge on any atom is -0.342 e. The molecule has 0 spiro atoms. The van der Waals surface area contributed by atoms with Crippen molar-refractivity contribution in [2.75, 3.05) is 5.32 Å². The second-order valence-electron chi connectivity index (χ2n) is 10.8. The van der Waals surface area contributed by atoms with Crippen LogP contribution in [0.15, 0.2) is 130 Å². The molecule has 222 valence electrons. The van der Waals surface area contributed by atoms with Crippen LogP contribution in [0, 0.1) is 5.82 Å². The zero-order valence-electron chi connectivity index (χ0n) is 24.1. The van der Waals surface area contributed by atoms with Gasteiger partial charge in [-0.25, -0.2) is 9.38 Å². The molecule has 1 atom stereocenters. The second-order valence-corrected chi connectivity index (χ2v) is 12.3. The molecule has 9 heteroatoms. The second kappa shape index (κ2) is 11.8. The molecule has 1 aliphatic heterocycles. The maximum absolute atomic E-state index is 14.2. The number of nitrogens with one attached hydrogen (secondary N) is 1. The number of nitrogens with zero attached hydrogens (tertiary/aromatic N) is 3. The van der Waals surface area contributed by atoms with Crippen LogP contribution in [0.4, 0.5) is 10.1 Å². The monoisotopic (exact) mass is 632 g/mol. The number of benzene rings is 4. The number of hydrogen-bond acceptors (Lipinski definition) is 4. The molecule has 1 N–H and O–H groups in total. The number of fused-ring (bicyclic) bond motifs is 2. The van der Waals surface area contributed by atoms with Crippen LogP contribution in [0.2, 0.25) is 5.02 Å². The Labute approximate surface area is 266 Å². The molecule has 6 aromatic rings. The van der Waals surface area contributed by atoms with Crippen LogP contribution in [-0.4, -0.2) is 15.0 Å². The molecule has 4 aromatic carbocycles. The number of allylic oxidation sites excluding steroid dienone is 1. The highest BCUT2D eigenvalue weighted by Gasteiger charge is 2.32. The molecule has 0 fully saturated rings. The van der Waals surface area contributed by atoms with Gasteiger partial charge in [0.15, 0.2) is 4.80 Å². The minimum atomic E-state index is -0.704. The van der Waals surface area contributed by atoms with Crippen LogP contribution < -0.4 is 20.2 Å². The van der Waals surface area contributed by atoms with E-state index in [4.69, 9.17) is 16.6 Å². The van der Waals surface area contributed by atoms with E-state index in [0.29, 0.717) is 37.9 Å². The van der Waals surface area contributed by atoms with Crippen molar-refractivity contribution in [3.63, 3.8) is 0 Å². The lowest BCUT2D eigenvalue weighted by molar-refractivity contribution is -0.113. The van der Waals surface area contributed by atoms with Crippen molar-refractivity contribution in [1.82, 2.24) is 9.13 Å². The van der Waals surface area contributed by atoms with E-state index < -0.39 is 6.04 Å². The number of carbonyl (C=O) groups excluding carboxylic acids is 1. The maximum atomic E-state index is 14.2. The Morgan fingerprint density at radius 2 is 1.69 bits per heavy atom. The summed E-state index contributed by atoms with van der Waals surface area (Å²) in [5, 5.41) is 4.51. The van der Waals surface area contributed by atoms with Crippen molar-refractivity contribution in [3.05, 3.63) is 168 Å². The predicted octanol–water partition coefficient (Wildman–Crippen LogP) is 6.67. The molecule has 3 heterocycles. The minimum absolute atomic E-state index is 0.244. The van der Waals surface area contributed by atoms with E-state index in [1.165, 1.54) is 23.5 Å². The first-order valence-corrected chi connectivity index (χ1v) is 15.5. The van der Waals surface area contributed by atoms with Crippen LogP contribution in [-0.2, 0) is 11.3 Å². The Kier molecular flexibility index (Phi) is 7.53. The van der Waals surface area contributed by atoms with E-state index in [9.17, 15) is 14.0 Å². The molecule has 0 bridgehead atoms. The van der Waals surface area contributed by atoms with Gasteiger partial charge in [0.1, 0.15) is 5.82 Å². The molecule has 7 rings (SSSR count). The van der Waals surface area contributed by atoms with Gasteiger partial charge in [-0.1, -0.05) is 83.6 Å². The lowest BCUT2D eigenvalue weighted by atomic mass is 9.95. The third-order valence-corrected chi connectivity index (χ3v) is 9.09. The predicted molar refractivity (Wildman–Crippen MR) is 178 cm³/mol. The van der Waals surface area contributed by atoms with Crippen molar-refractivity contribution in [2.45, 2.75) is 19.5 Å². The third kappa shape index (κ3) is 5.54. The van der Waals surface area contributed by atoms with E-state index in [1.807, 2.05) is 79.0 Å². The molecule has 0 radical (unpaired) electrons. The number of hydrogen-bond donors (Lipinski definition) is 1. The molecule has 0 saturated heterocycles. The van der Waals surface area contributed by atoms with Gasteiger partial charge < -0.3 is 9.88 Å². The van der Waals surface area contributed by atoms with Crippen LogP contribution in [0.5, 0.6) is 0 Å². The number of anilines is 1. The van der Waals surface area contributed by atoms with Crippen LogP contribution in [0.25, 0.3) is 17.0 Å². The smallest absolute Gasteiger partial charge is 0.271 e. The van der Waals surface area contributed by atoms with Crippen molar-refractivity contribution in [1.29, 1.82) is 0 Å². The fourth-order valence-corrected chi connectivity index (χ4v) is 6.90. The summed E-state index contributed by atoms with van der Waals surface area (Å²) in [6.07, 6.45) is 3.89. The van der Waals surface area contributed by atoms with Gasteiger partial charge in [0.25, 0.3) is 11.5 Å². The maximum Gasteiger partial charge on any atom is 0.271 e. The van der Waals surface area contributed by atoms with E-state index >= 15 is 0 Å². The van der Waals surface area contributed by atoms with E-state index in [-0.39, 0.29) is 17.3 Å². The molecule has 0 aliphatic carbocycles. The van der Waals surface area contributed by atoms with Crippen molar-refractivity contribution in [2.24, 2.45) is 4.99 Å². The fraction of sp³-hybridized carbons (Fsp3) is 0.0833.